The Morgan fingerprint density at radius 3 is 2.33 bits per heavy atom. The van der Waals surface area contributed by atoms with E-state index in [-0.39, 0.29) is 19.1 Å². The van der Waals surface area contributed by atoms with Crippen molar-refractivity contribution in [1.82, 2.24) is 0 Å². The first kappa shape index (κ1) is 20.3. The van der Waals surface area contributed by atoms with E-state index in [1.54, 1.807) is 49.6 Å². The molecular weight excluding hydrogens is 346 g/mol. The van der Waals surface area contributed by atoms with Gasteiger partial charge in [-0.25, -0.2) is 4.79 Å². The van der Waals surface area contributed by atoms with Crippen LogP contribution in [-0.2, 0) is 4.74 Å². The lowest BCUT2D eigenvalue weighted by atomic mass is 9.97. The smallest absolute Gasteiger partial charge is 0.412 e. The fourth-order valence-corrected chi connectivity index (χ4v) is 2.46. The molecule has 6 heteroatoms. The van der Waals surface area contributed by atoms with Gasteiger partial charge in [0.1, 0.15) is 24.2 Å². The Hall–Kier alpha value is -2.99. The van der Waals surface area contributed by atoms with Crippen LogP contribution in [-0.4, -0.2) is 31.5 Å². The summed E-state index contributed by atoms with van der Waals surface area (Å²) in [5.41, 5.74) is 1.43. The third-order valence-corrected chi connectivity index (χ3v) is 3.99. The quantitative estimate of drug-likeness (QED) is 0.647. The largest absolute Gasteiger partial charge is 0.497 e. The second-order valence-electron chi connectivity index (χ2n) is 5.92. The molecule has 27 heavy (non-hydrogen) atoms. The number of carbonyl (C=O) groups is 1. The highest BCUT2D eigenvalue weighted by Gasteiger charge is 2.22. The number of aliphatic hydroxyl groups excluding tert-OH is 1. The maximum absolute atomic E-state index is 12.3. The average Bonchev–Trinajstić information content (AvgIpc) is 2.71. The molecule has 0 heterocycles. The summed E-state index contributed by atoms with van der Waals surface area (Å²) in [6.45, 7) is 5.90. The predicted molar refractivity (Wildman–Crippen MR) is 104 cm³/mol. The van der Waals surface area contributed by atoms with Crippen LogP contribution < -0.4 is 14.8 Å². The molecule has 0 saturated carbocycles. The Bertz CT molecular complexity index is 727. The number of ether oxygens (including phenoxy) is 3. The van der Waals surface area contributed by atoms with Crippen molar-refractivity contribution in [2.24, 2.45) is 5.92 Å². The van der Waals surface area contributed by atoms with Crippen LogP contribution in [0.2, 0.25) is 0 Å². The molecular formula is C21H25NO5. The Kier molecular flexibility index (Phi) is 7.70. The molecule has 0 unspecified atom stereocenters. The summed E-state index contributed by atoms with van der Waals surface area (Å²) in [5.74, 6) is 1.26. The van der Waals surface area contributed by atoms with E-state index < -0.39 is 12.2 Å². The van der Waals surface area contributed by atoms with Gasteiger partial charge in [0.2, 0.25) is 0 Å². The fourth-order valence-electron chi connectivity index (χ4n) is 2.46. The van der Waals surface area contributed by atoms with E-state index in [0.717, 1.165) is 5.56 Å². The number of aliphatic hydroxyl groups is 1. The number of anilines is 1. The predicted octanol–water partition coefficient (Wildman–Crippen LogP) is 4.18. The number of benzene rings is 2. The molecule has 0 saturated heterocycles. The van der Waals surface area contributed by atoms with Gasteiger partial charge in [-0.2, -0.15) is 0 Å². The van der Waals surface area contributed by atoms with Gasteiger partial charge in [0, 0.05) is 11.6 Å². The molecule has 0 aliphatic rings. The number of hydrogen-bond donors (Lipinski definition) is 2. The lowest BCUT2D eigenvalue weighted by molar-refractivity contribution is 0.0897. The number of methoxy groups -OCH3 is 1. The monoisotopic (exact) mass is 371 g/mol. The van der Waals surface area contributed by atoms with Crippen LogP contribution in [0.5, 0.6) is 11.5 Å². The van der Waals surface area contributed by atoms with Gasteiger partial charge in [-0.05, 0) is 42.0 Å². The second-order valence-corrected chi connectivity index (χ2v) is 5.92. The van der Waals surface area contributed by atoms with Crippen molar-refractivity contribution in [3.8, 4) is 11.5 Å². The van der Waals surface area contributed by atoms with E-state index in [1.165, 1.54) is 0 Å². The van der Waals surface area contributed by atoms with Gasteiger partial charge in [0.05, 0.1) is 13.7 Å². The van der Waals surface area contributed by atoms with E-state index >= 15 is 0 Å². The first-order chi connectivity index (χ1) is 13.1. The molecule has 0 fully saturated rings. The summed E-state index contributed by atoms with van der Waals surface area (Å²) in [6.07, 6.45) is 0.689. The molecule has 1 amide bonds. The lowest BCUT2D eigenvalue weighted by Crippen LogP contribution is -2.21. The maximum Gasteiger partial charge on any atom is 0.412 e. The van der Waals surface area contributed by atoms with Gasteiger partial charge < -0.3 is 19.3 Å². The molecule has 2 N–H and O–H groups in total. The van der Waals surface area contributed by atoms with Crippen LogP contribution in [0.3, 0.4) is 0 Å². The highest BCUT2D eigenvalue weighted by atomic mass is 16.6. The van der Waals surface area contributed by atoms with Crippen LogP contribution in [0.1, 0.15) is 18.6 Å². The van der Waals surface area contributed by atoms with Crippen LogP contribution in [0, 0.1) is 5.92 Å². The topological polar surface area (TPSA) is 77.0 Å². The number of rotatable bonds is 9. The first-order valence-corrected chi connectivity index (χ1v) is 8.65. The molecule has 0 radical (unpaired) electrons. The summed E-state index contributed by atoms with van der Waals surface area (Å²) in [4.78, 5) is 12.3. The summed E-state index contributed by atoms with van der Waals surface area (Å²) in [6, 6.07) is 14.2. The highest BCUT2D eigenvalue weighted by molar-refractivity contribution is 5.84. The van der Waals surface area contributed by atoms with E-state index in [4.69, 9.17) is 19.3 Å². The summed E-state index contributed by atoms with van der Waals surface area (Å²) >= 11 is 0. The van der Waals surface area contributed by atoms with Crippen LogP contribution in [0.4, 0.5) is 10.5 Å². The Labute approximate surface area is 159 Å². The van der Waals surface area contributed by atoms with Crippen molar-refractivity contribution < 1.29 is 24.1 Å². The van der Waals surface area contributed by atoms with Gasteiger partial charge in [0.25, 0.3) is 0 Å². The maximum atomic E-state index is 12.3. The SMILES string of the molecule is C=C[C@@H](C)[C@@H](OC(=O)Nc1ccc(OC)cc1)c1ccc(OCCO)cc1. The van der Waals surface area contributed by atoms with Crippen LogP contribution in [0.25, 0.3) is 0 Å². The van der Waals surface area contributed by atoms with Gasteiger partial charge in [0.15, 0.2) is 0 Å². The molecule has 144 valence electrons. The number of amides is 1. The van der Waals surface area contributed by atoms with Crippen LogP contribution in [0.15, 0.2) is 61.2 Å². The minimum Gasteiger partial charge on any atom is -0.497 e. The molecule has 2 aromatic carbocycles. The molecule has 0 aliphatic carbocycles. The molecule has 0 spiro atoms. The van der Waals surface area contributed by atoms with Crippen molar-refractivity contribution in [3.05, 3.63) is 66.7 Å². The highest BCUT2D eigenvalue weighted by Crippen LogP contribution is 2.29. The summed E-state index contributed by atoms with van der Waals surface area (Å²) < 4.78 is 16.1. The second kappa shape index (κ2) is 10.2. The molecule has 0 bridgehead atoms. The van der Waals surface area contributed by atoms with E-state index in [9.17, 15) is 4.79 Å². The summed E-state index contributed by atoms with van der Waals surface area (Å²) in [5, 5.41) is 11.5. The molecule has 0 aliphatic heterocycles. The first-order valence-electron chi connectivity index (χ1n) is 8.65. The average molecular weight is 371 g/mol. The van der Waals surface area contributed by atoms with Crippen molar-refractivity contribution in [1.29, 1.82) is 0 Å². The molecule has 2 rings (SSSR count). The van der Waals surface area contributed by atoms with Crippen LogP contribution >= 0.6 is 0 Å². The van der Waals surface area contributed by atoms with E-state index in [2.05, 4.69) is 11.9 Å². The Morgan fingerprint density at radius 1 is 1.15 bits per heavy atom. The van der Waals surface area contributed by atoms with Gasteiger partial charge in [-0.15, -0.1) is 6.58 Å². The molecule has 2 atom stereocenters. The third-order valence-electron chi connectivity index (χ3n) is 3.99. The summed E-state index contributed by atoms with van der Waals surface area (Å²) in [7, 11) is 1.58. The Morgan fingerprint density at radius 2 is 1.78 bits per heavy atom. The zero-order valence-corrected chi connectivity index (χ0v) is 15.6. The number of carbonyl (C=O) groups excluding carboxylic acids is 1. The lowest BCUT2D eigenvalue weighted by Gasteiger charge is -2.23. The van der Waals surface area contributed by atoms with Crippen molar-refractivity contribution in [2.75, 3.05) is 25.6 Å². The normalized spacial score (nSPS) is 12.6. The standard InChI is InChI=1S/C21H25NO5/c1-4-15(2)20(16-5-9-19(10-6-16)26-14-13-23)27-21(24)22-17-7-11-18(25-3)12-8-17/h4-12,15,20,23H,1,13-14H2,2-3H3,(H,22,24)/t15-,20-/m1/s1. The fraction of sp³-hybridized carbons (Fsp3) is 0.286. The molecule has 6 nitrogen and oxygen atoms in total. The van der Waals surface area contributed by atoms with Gasteiger partial charge in [-0.1, -0.05) is 25.1 Å². The van der Waals surface area contributed by atoms with E-state index in [1.807, 2.05) is 19.1 Å². The zero-order valence-electron chi connectivity index (χ0n) is 15.6. The van der Waals surface area contributed by atoms with E-state index in [0.29, 0.717) is 17.2 Å². The number of nitrogens with one attached hydrogen (secondary N) is 1. The zero-order chi connectivity index (χ0) is 19.6. The van der Waals surface area contributed by atoms with Crippen molar-refractivity contribution >= 4 is 11.8 Å². The molecule has 2 aromatic rings. The minimum absolute atomic E-state index is 0.0491. The van der Waals surface area contributed by atoms with Gasteiger partial charge >= 0.3 is 6.09 Å². The minimum atomic E-state index is -0.556. The molecule has 0 aromatic heterocycles. The Balaban J connectivity index is 2.06. The van der Waals surface area contributed by atoms with Crippen molar-refractivity contribution in [2.45, 2.75) is 13.0 Å². The number of hydrogen-bond acceptors (Lipinski definition) is 5. The van der Waals surface area contributed by atoms with Gasteiger partial charge in [-0.3, -0.25) is 5.32 Å². The van der Waals surface area contributed by atoms with Crippen molar-refractivity contribution in [3.63, 3.8) is 0 Å². The third kappa shape index (κ3) is 6.04.